The van der Waals surface area contributed by atoms with Gasteiger partial charge in [-0.05, 0) is 12.8 Å². The fraction of sp³-hybridized carbons (Fsp3) is 0.750. The third-order valence-corrected chi connectivity index (χ3v) is 3.22. The van der Waals surface area contributed by atoms with Crippen LogP contribution in [-0.2, 0) is 14.5 Å². The van der Waals surface area contributed by atoms with E-state index in [-0.39, 0.29) is 13.1 Å². The minimum atomic E-state index is -4.24. The predicted molar refractivity (Wildman–Crippen MR) is 54.8 cm³/mol. The zero-order valence-electron chi connectivity index (χ0n) is 9.17. The van der Waals surface area contributed by atoms with Crippen LogP contribution in [-0.4, -0.2) is 42.8 Å². The number of amides is 3. The lowest BCUT2D eigenvalue weighted by Gasteiger charge is -2.31. The fourth-order valence-electron chi connectivity index (χ4n) is 1.31. The highest BCUT2D eigenvalue weighted by molar-refractivity contribution is 7.85. The molecule has 0 aromatic heterocycles. The highest BCUT2D eigenvalue weighted by Gasteiger charge is 2.43. The third kappa shape index (κ3) is 2.26. The molecule has 1 aliphatic heterocycles. The lowest BCUT2D eigenvalue weighted by Crippen LogP contribution is -2.55. The Hall–Kier alpha value is -1.31. The van der Waals surface area contributed by atoms with Gasteiger partial charge in [0.1, 0.15) is 0 Å². The second-order valence-electron chi connectivity index (χ2n) is 3.31. The van der Waals surface area contributed by atoms with Crippen molar-refractivity contribution in [3.05, 3.63) is 0 Å². The number of hydrogen-bond donors (Lipinski definition) is 0. The highest BCUT2D eigenvalue weighted by Crippen LogP contribution is 2.17. The first-order chi connectivity index (χ1) is 7.44. The first kappa shape index (κ1) is 12.8. The normalized spacial score (nSPS) is 19.9. The van der Waals surface area contributed by atoms with Crippen LogP contribution >= 0.6 is 0 Å². The molecule has 0 spiro atoms. The van der Waals surface area contributed by atoms with Crippen LogP contribution in [0.3, 0.4) is 0 Å². The Bertz CT molecular complexity index is 391. The molecule has 0 radical (unpaired) electrons. The van der Waals surface area contributed by atoms with Gasteiger partial charge in [-0.1, -0.05) is 13.8 Å². The van der Waals surface area contributed by atoms with Gasteiger partial charge in [0.05, 0.1) is 0 Å². The first-order valence-electron chi connectivity index (χ1n) is 5.01. The van der Waals surface area contributed by atoms with Crippen LogP contribution in [0.25, 0.3) is 0 Å². The molecule has 1 aliphatic rings. The van der Waals surface area contributed by atoms with Crippen LogP contribution in [0.5, 0.6) is 0 Å². The summed E-state index contributed by atoms with van der Waals surface area (Å²) in [6.45, 7) is 3.65. The number of imide groups is 1. The van der Waals surface area contributed by atoms with Crippen LogP contribution in [0, 0.1) is 0 Å². The molecule has 1 fully saturated rings. The van der Waals surface area contributed by atoms with E-state index in [9.17, 15) is 18.0 Å². The Balaban J connectivity index is 2.99. The second kappa shape index (κ2) is 4.69. The topological polar surface area (TPSA) is 84.0 Å². The SMILES string of the molecule is CCCN1C(=O)OS(=O)(=O)N(CCC)C1=O. The molecule has 0 N–H and O–H groups in total. The van der Waals surface area contributed by atoms with E-state index >= 15 is 0 Å². The van der Waals surface area contributed by atoms with Crippen molar-refractivity contribution in [2.75, 3.05) is 13.1 Å². The highest BCUT2D eigenvalue weighted by atomic mass is 32.2. The summed E-state index contributed by atoms with van der Waals surface area (Å²) in [4.78, 5) is 23.7. The molecule has 16 heavy (non-hydrogen) atoms. The van der Waals surface area contributed by atoms with Gasteiger partial charge in [0.15, 0.2) is 0 Å². The molecule has 1 heterocycles. The summed E-state index contributed by atoms with van der Waals surface area (Å²) in [5.41, 5.74) is 0. The molecule has 0 bridgehead atoms. The molecule has 0 aliphatic carbocycles. The Labute approximate surface area is 94.2 Å². The lowest BCUT2D eigenvalue weighted by atomic mass is 10.4. The molecule has 0 saturated carbocycles. The van der Waals surface area contributed by atoms with E-state index in [0.717, 1.165) is 4.90 Å². The Kier molecular flexibility index (Phi) is 3.74. The molecular formula is C8H14N2O5S. The van der Waals surface area contributed by atoms with Crippen molar-refractivity contribution >= 4 is 22.4 Å². The zero-order chi connectivity index (χ0) is 12.3. The van der Waals surface area contributed by atoms with Crippen LogP contribution in [0.4, 0.5) is 9.59 Å². The van der Waals surface area contributed by atoms with Crippen molar-refractivity contribution in [2.24, 2.45) is 0 Å². The van der Waals surface area contributed by atoms with Gasteiger partial charge in [-0.3, -0.25) is 0 Å². The van der Waals surface area contributed by atoms with Crippen LogP contribution in [0.1, 0.15) is 26.7 Å². The van der Waals surface area contributed by atoms with Gasteiger partial charge in [-0.15, -0.1) is 0 Å². The number of hydrogen-bond acceptors (Lipinski definition) is 5. The van der Waals surface area contributed by atoms with Gasteiger partial charge in [0.2, 0.25) is 0 Å². The molecule has 0 unspecified atom stereocenters. The second-order valence-corrected chi connectivity index (χ2v) is 4.78. The summed E-state index contributed by atoms with van der Waals surface area (Å²) in [6, 6.07) is -0.833. The monoisotopic (exact) mass is 250 g/mol. The molecule has 3 amide bonds. The van der Waals surface area contributed by atoms with Crippen LogP contribution in [0.15, 0.2) is 0 Å². The molecule has 8 heteroatoms. The molecule has 1 rings (SSSR count). The Morgan fingerprint density at radius 1 is 1.12 bits per heavy atom. The van der Waals surface area contributed by atoms with Crippen molar-refractivity contribution in [1.29, 1.82) is 0 Å². The van der Waals surface area contributed by atoms with Gasteiger partial charge >= 0.3 is 22.4 Å². The number of rotatable bonds is 4. The first-order valence-corrected chi connectivity index (χ1v) is 6.38. The van der Waals surface area contributed by atoms with E-state index < -0.39 is 22.4 Å². The summed E-state index contributed by atoms with van der Waals surface area (Å²) in [6.07, 6.45) is -0.122. The van der Waals surface area contributed by atoms with E-state index in [0.29, 0.717) is 17.1 Å². The average molecular weight is 250 g/mol. The molecular weight excluding hydrogens is 236 g/mol. The van der Waals surface area contributed by atoms with Gasteiger partial charge < -0.3 is 4.18 Å². The van der Waals surface area contributed by atoms with Crippen molar-refractivity contribution in [3.63, 3.8) is 0 Å². The summed E-state index contributed by atoms with van der Waals surface area (Å²) in [7, 11) is -4.24. The van der Waals surface area contributed by atoms with Gasteiger partial charge in [-0.2, -0.15) is 12.7 Å². The average Bonchev–Trinajstić information content (AvgIpc) is 2.18. The minimum absolute atomic E-state index is 0.00859. The Morgan fingerprint density at radius 2 is 1.69 bits per heavy atom. The standard InChI is InChI=1S/C8H14N2O5S/c1-3-5-9-7(11)10(6-4-2)16(13,14)15-8(9)12/h3-6H2,1-2H3. The Morgan fingerprint density at radius 3 is 2.19 bits per heavy atom. The van der Waals surface area contributed by atoms with Gasteiger partial charge in [0.25, 0.3) is 0 Å². The fourth-order valence-corrected chi connectivity index (χ4v) is 2.37. The zero-order valence-corrected chi connectivity index (χ0v) is 9.99. The predicted octanol–water partition coefficient (Wildman–Crippen LogP) is 0.925. The number of carbonyl (C=O) groups excluding carboxylic acids is 2. The number of nitrogens with zero attached hydrogens (tertiary/aromatic N) is 2. The van der Waals surface area contributed by atoms with E-state index in [1.807, 2.05) is 0 Å². The molecule has 92 valence electrons. The lowest BCUT2D eigenvalue weighted by molar-refractivity contribution is 0.127. The summed E-state index contributed by atoms with van der Waals surface area (Å²) < 4.78 is 27.6. The maximum absolute atomic E-state index is 11.7. The van der Waals surface area contributed by atoms with E-state index in [1.54, 1.807) is 13.8 Å². The smallest absolute Gasteiger partial charge is 0.311 e. The van der Waals surface area contributed by atoms with Crippen LogP contribution < -0.4 is 0 Å². The number of urea groups is 1. The van der Waals surface area contributed by atoms with E-state index in [1.165, 1.54) is 0 Å². The number of carbonyl (C=O) groups is 2. The maximum Gasteiger partial charge on any atom is 0.434 e. The van der Waals surface area contributed by atoms with E-state index in [2.05, 4.69) is 4.18 Å². The summed E-state index contributed by atoms with van der Waals surface area (Å²) in [5, 5.41) is 0. The molecule has 1 saturated heterocycles. The largest absolute Gasteiger partial charge is 0.434 e. The quantitative estimate of drug-likeness (QED) is 0.741. The van der Waals surface area contributed by atoms with Crippen molar-refractivity contribution in [3.8, 4) is 0 Å². The van der Waals surface area contributed by atoms with Crippen molar-refractivity contribution in [2.45, 2.75) is 26.7 Å². The van der Waals surface area contributed by atoms with E-state index in [4.69, 9.17) is 0 Å². The van der Waals surface area contributed by atoms with Gasteiger partial charge in [0, 0.05) is 13.1 Å². The molecule has 0 aromatic rings. The van der Waals surface area contributed by atoms with Crippen molar-refractivity contribution < 1.29 is 22.2 Å². The van der Waals surface area contributed by atoms with Crippen LogP contribution in [0.2, 0.25) is 0 Å². The minimum Gasteiger partial charge on any atom is -0.311 e. The molecule has 7 nitrogen and oxygen atoms in total. The molecule has 0 aromatic carbocycles. The maximum atomic E-state index is 11.7. The summed E-state index contributed by atoms with van der Waals surface area (Å²) in [5.74, 6) is 0. The third-order valence-electron chi connectivity index (χ3n) is 1.99. The summed E-state index contributed by atoms with van der Waals surface area (Å²) >= 11 is 0. The molecule has 0 atom stereocenters. The van der Waals surface area contributed by atoms with Crippen molar-refractivity contribution in [1.82, 2.24) is 9.21 Å². The van der Waals surface area contributed by atoms with Gasteiger partial charge in [-0.25, -0.2) is 14.5 Å².